The molecule has 26 heavy (non-hydrogen) atoms. The SMILES string of the molecule is COc1ccc(/C=N/NC(=S)n2[nH]c(=O)c3ccccc3c2=O)cc1O. The summed E-state index contributed by atoms with van der Waals surface area (Å²) in [5.74, 6) is 0.306. The maximum Gasteiger partial charge on any atom is 0.279 e. The molecule has 0 saturated carbocycles. The molecule has 3 N–H and O–H groups in total. The number of phenols is 1. The largest absolute Gasteiger partial charge is 0.504 e. The van der Waals surface area contributed by atoms with Gasteiger partial charge in [-0.05, 0) is 48.1 Å². The van der Waals surface area contributed by atoms with Crippen LogP contribution in [0, 0.1) is 0 Å². The third kappa shape index (κ3) is 3.33. The summed E-state index contributed by atoms with van der Waals surface area (Å²) in [5.41, 5.74) is 2.19. The van der Waals surface area contributed by atoms with Gasteiger partial charge in [0.1, 0.15) is 0 Å². The fraction of sp³-hybridized carbons (Fsp3) is 0.0588. The van der Waals surface area contributed by atoms with Crippen molar-refractivity contribution in [2.24, 2.45) is 5.10 Å². The van der Waals surface area contributed by atoms with Gasteiger partial charge in [-0.15, -0.1) is 0 Å². The van der Waals surface area contributed by atoms with Crippen molar-refractivity contribution < 1.29 is 9.84 Å². The Morgan fingerprint density at radius 2 is 2.00 bits per heavy atom. The Hall–Kier alpha value is -3.46. The van der Waals surface area contributed by atoms with Crippen molar-refractivity contribution in [1.29, 1.82) is 0 Å². The van der Waals surface area contributed by atoms with Crippen LogP contribution >= 0.6 is 12.2 Å². The van der Waals surface area contributed by atoms with Crippen LogP contribution in [-0.4, -0.2) is 33.3 Å². The molecule has 8 nitrogen and oxygen atoms in total. The van der Waals surface area contributed by atoms with Gasteiger partial charge in [0.05, 0.1) is 24.1 Å². The van der Waals surface area contributed by atoms with Crippen molar-refractivity contribution in [3.63, 3.8) is 0 Å². The Balaban J connectivity index is 1.84. The lowest BCUT2D eigenvalue weighted by Gasteiger charge is -2.07. The van der Waals surface area contributed by atoms with Crippen LogP contribution in [-0.2, 0) is 0 Å². The maximum absolute atomic E-state index is 12.4. The molecule has 0 amide bonds. The summed E-state index contributed by atoms with van der Waals surface area (Å²) in [6.07, 6.45) is 1.40. The molecule has 1 aromatic heterocycles. The quantitative estimate of drug-likeness (QED) is 0.363. The van der Waals surface area contributed by atoms with Crippen molar-refractivity contribution in [3.05, 3.63) is 68.7 Å². The second-order valence-corrected chi connectivity index (χ2v) is 5.62. The third-order valence-electron chi connectivity index (χ3n) is 3.60. The number of nitrogens with one attached hydrogen (secondary N) is 2. The molecule has 0 aliphatic rings. The van der Waals surface area contributed by atoms with E-state index >= 15 is 0 Å². The van der Waals surface area contributed by atoms with Gasteiger partial charge in [-0.1, -0.05) is 12.1 Å². The number of rotatable bonds is 3. The van der Waals surface area contributed by atoms with E-state index in [1.54, 1.807) is 36.4 Å². The molecule has 0 radical (unpaired) electrons. The molecule has 0 atom stereocenters. The Kier molecular flexibility index (Phi) is 4.81. The highest BCUT2D eigenvalue weighted by atomic mass is 32.1. The van der Waals surface area contributed by atoms with E-state index in [4.69, 9.17) is 17.0 Å². The molecule has 2 aromatic carbocycles. The Bertz CT molecular complexity index is 1130. The van der Waals surface area contributed by atoms with Gasteiger partial charge in [0.25, 0.3) is 11.1 Å². The Morgan fingerprint density at radius 3 is 2.69 bits per heavy atom. The molecule has 132 valence electrons. The number of aromatic nitrogens is 2. The second kappa shape index (κ2) is 7.19. The molecule has 3 rings (SSSR count). The van der Waals surface area contributed by atoms with Crippen molar-refractivity contribution in [2.45, 2.75) is 0 Å². The van der Waals surface area contributed by atoms with E-state index in [0.717, 1.165) is 4.68 Å². The van der Waals surface area contributed by atoms with Crippen LogP contribution in [0.25, 0.3) is 10.8 Å². The van der Waals surface area contributed by atoms with Crippen molar-refractivity contribution >= 4 is 34.3 Å². The van der Waals surface area contributed by atoms with Gasteiger partial charge in [-0.25, -0.2) is 0 Å². The van der Waals surface area contributed by atoms with Crippen LogP contribution in [0.5, 0.6) is 11.5 Å². The normalized spacial score (nSPS) is 11.0. The summed E-state index contributed by atoms with van der Waals surface area (Å²) < 4.78 is 5.88. The van der Waals surface area contributed by atoms with E-state index in [-0.39, 0.29) is 21.6 Å². The number of hydrazone groups is 1. The molecule has 0 unspecified atom stereocenters. The number of H-pyrrole nitrogens is 1. The van der Waals surface area contributed by atoms with Crippen LogP contribution in [0.2, 0.25) is 0 Å². The van der Waals surface area contributed by atoms with Gasteiger partial charge in [-0.2, -0.15) is 9.78 Å². The topological polar surface area (TPSA) is 109 Å². The average Bonchev–Trinajstić information content (AvgIpc) is 2.65. The number of benzene rings is 2. The molecular formula is C17H14N4O4S. The number of ether oxygens (including phenoxy) is 1. The van der Waals surface area contributed by atoms with E-state index < -0.39 is 11.1 Å². The summed E-state index contributed by atoms with van der Waals surface area (Å²) in [5, 5.41) is 16.5. The molecule has 0 aliphatic carbocycles. The van der Waals surface area contributed by atoms with Crippen LogP contribution in [0.15, 0.2) is 57.2 Å². The fourth-order valence-corrected chi connectivity index (χ4v) is 2.52. The van der Waals surface area contributed by atoms with E-state index in [0.29, 0.717) is 11.3 Å². The lowest BCUT2D eigenvalue weighted by molar-refractivity contribution is 0.373. The van der Waals surface area contributed by atoms with Gasteiger partial charge in [0.2, 0.25) is 5.11 Å². The Morgan fingerprint density at radius 1 is 1.27 bits per heavy atom. The van der Waals surface area contributed by atoms with Crippen molar-refractivity contribution in [2.75, 3.05) is 7.11 Å². The molecule has 0 bridgehead atoms. The third-order valence-corrected chi connectivity index (χ3v) is 3.87. The molecule has 0 aliphatic heterocycles. The van der Waals surface area contributed by atoms with Gasteiger partial charge >= 0.3 is 0 Å². The lowest BCUT2D eigenvalue weighted by Crippen LogP contribution is -2.39. The van der Waals surface area contributed by atoms with Crippen LogP contribution in [0.3, 0.4) is 0 Å². The van der Waals surface area contributed by atoms with E-state index in [1.165, 1.54) is 19.4 Å². The number of aromatic amines is 1. The van der Waals surface area contributed by atoms with E-state index in [2.05, 4.69) is 15.6 Å². The molecule has 0 spiro atoms. The minimum absolute atomic E-state index is 0.0332. The standard InChI is InChI=1S/C17H14N4O4S/c1-25-14-7-6-10(8-13(14)22)9-18-19-17(26)21-16(24)12-5-3-2-4-11(12)15(23)20-21/h2-9,22H,1H3,(H,19,26)(H,20,23)/b18-9+. The number of hydrogen-bond donors (Lipinski definition) is 3. The van der Waals surface area contributed by atoms with Crippen LogP contribution in [0.1, 0.15) is 5.56 Å². The first-order valence-corrected chi connectivity index (χ1v) is 7.86. The zero-order valence-electron chi connectivity index (χ0n) is 13.6. The summed E-state index contributed by atoms with van der Waals surface area (Å²) in [7, 11) is 1.45. The summed E-state index contributed by atoms with van der Waals surface area (Å²) in [6.45, 7) is 0. The lowest BCUT2D eigenvalue weighted by atomic mass is 10.2. The summed E-state index contributed by atoms with van der Waals surface area (Å²) in [6, 6.07) is 11.2. The number of aromatic hydroxyl groups is 1. The average molecular weight is 370 g/mol. The molecule has 0 fully saturated rings. The second-order valence-electron chi connectivity index (χ2n) is 5.23. The number of hydrogen-bond acceptors (Lipinski definition) is 6. The van der Waals surface area contributed by atoms with E-state index in [9.17, 15) is 14.7 Å². The summed E-state index contributed by atoms with van der Waals surface area (Å²) >= 11 is 5.11. The minimum Gasteiger partial charge on any atom is -0.504 e. The molecule has 1 heterocycles. The van der Waals surface area contributed by atoms with Gasteiger partial charge in [-0.3, -0.25) is 20.1 Å². The number of nitrogens with zero attached hydrogens (tertiary/aromatic N) is 2. The number of phenolic OH excluding ortho intramolecular Hbond substituents is 1. The monoisotopic (exact) mass is 370 g/mol. The zero-order chi connectivity index (χ0) is 18.7. The van der Waals surface area contributed by atoms with Gasteiger partial charge in [0.15, 0.2) is 11.5 Å². The molecular weight excluding hydrogens is 356 g/mol. The minimum atomic E-state index is -0.463. The smallest absolute Gasteiger partial charge is 0.279 e. The maximum atomic E-state index is 12.4. The van der Waals surface area contributed by atoms with Gasteiger partial charge < -0.3 is 9.84 Å². The number of thiocarbonyl (C=S) groups is 1. The molecule has 0 saturated heterocycles. The fourth-order valence-electron chi connectivity index (χ4n) is 2.34. The first kappa shape index (κ1) is 17.4. The first-order chi connectivity index (χ1) is 12.5. The van der Waals surface area contributed by atoms with Gasteiger partial charge in [0, 0.05) is 0 Å². The highest BCUT2D eigenvalue weighted by molar-refractivity contribution is 7.80. The van der Waals surface area contributed by atoms with Crippen LogP contribution < -0.4 is 21.3 Å². The number of methoxy groups -OCH3 is 1. The summed E-state index contributed by atoms with van der Waals surface area (Å²) in [4.78, 5) is 24.5. The van der Waals surface area contributed by atoms with Crippen LogP contribution in [0.4, 0.5) is 0 Å². The molecule has 3 aromatic rings. The first-order valence-electron chi connectivity index (χ1n) is 7.46. The van der Waals surface area contributed by atoms with E-state index in [1.807, 2.05) is 0 Å². The predicted octanol–water partition coefficient (Wildman–Crippen LogP) is 1.16. The predicted molar refractivity (Wildman–Crippen MR) is 102 cm³/mol. The zero-order valence-corrected chi connectivity index (χ0v) is 14.4. The molecule has 9 heteroatoms. The van der Waals surface area contributed by atoms with Crippen molar-refractivity contribution in [1.82, 2.24) is 15.2 Å². The highest BCUT2D eigenvalue weighted by Gasteiger charge is 2.09. The highest BCUT2D eigenvalue weighted by Crippen LogP contribution is 2.25. The number of fused-ring (bicyclic) bond motifs is 1. The Labute approximate surface area is 152 Å². The van der Waals surface area contributed by atoms with Crippen molar-refractivity contribution in [3.8, 4) is 11.5 Å².